The molecule has 286 valence electrons. The molecule has 0 unspecified atom stereocenters. The van der Waals surface area contributed by atoms with Crippen molar-refractivity contribution in [3.63, 3.8) is 0 Å². The molecule has 6 aromatic carbocycles. The molecular formula is C53H44N6. The van der Waals surface area contributed by atoms with E-state index in [0.717, 1.165) is 73.2 Å². The Bertz CT molecular complexity index is 3180. The zero-order valence-corrected chi connectivity index (χ0v) is 33.0. The number of allylic oxidation sites excluding steroid dienone is 6. The molecule has 4 N–H and O–H groups in total. The minimum absolute atomic E-state index is 0.617. The number of fused-ring (bicyclic) bond motifs is 10. The first kappa shape index (κ1) is 35.7. The zero-order chi connectivity index (χ0) is 40.0. The van der Waals surface area contributed by atoms with Crippen LogP contribution in [0.1, 0.15) is 23.7 Å². The van der Waals surface area contributed by atoms with Crippen LogP contribution >= 0.6 is 0 Å². The molecule has 0 bridgehead atoms. The molecule has 0 radical (unpaired) electrons. The third-order valence-corrected chi connectivity index (χ3v) is 11.7. The summed E-state index contributed by atoms with van der Waals surface area (Å²) >= 11 is 0. The smallest absolute Gasteiger partial charge is 0.110 e. The molecule has 1 aliphatic rings. The molecule has 1 aliphatic heterocycles. The van der Waals surface area contributed by atoms with Gasteiger partial charge in [-0.25, -0.2) is 0 Å². The number of rotatable bonds is 7. The fourth-order valence-electron chi connectivity index (χ4n) is 9.15. The molecule has 0 amide bonds. The number of nitrogens with two attached hydrogens (primary N) is 2. The van der Waals surface area contributed by atoms with Gasteiger partial charge in [-0.05, 0) is 73.7 Å². The van der Waals surface area contributed by atoms with E-state index in [9.17, 15) is 0 Å². The normalized spacial score (nSPS) is 14.7. The SMILES string of the molecule is C=C1c2c(c3ccccc3n2C(=C/C)/C=C(\N)n2c3ccccc3c3ccccc32)/C=C\Cc2ccccc2N1C(/C=C\N)=C/Cn1c2ccccc2c2ccccc21. The van der Waals surface area contributed by atoms with Crippen LogP contribution in [0.4, 0.5) is 5.69 Å². The summed E-state index contributed by atoms with van der Waals surface area (Å²) in [6.07, 6.45) is 15.4. The van der Waals surface area contributed by atoms with Gasteiger partial charge in [0.2, 0.25) is 0 Å². The van der Waals surface area contributed by atoms with E-state index in [2.05, 4.69) is 201 Å². The lowest BCUT2D eigenvalue weighted by Gasteiger charge is -2.31. The van der Waals surface area contributed by atoms with Gasteiger partial charge in [0, 0.05) is 73.2 Å². The first-order valence-electron chi connectivity index (χ1n) is 20.1. The fourth-order valence-corrected chi connectivity index (χ4v) is 9.15. The van der Waals surface area contributed by atoms with Gasteiger partial charge in [0.15, 0.2) is 0 Å². The summed E-state index contributed by atoms with van der Waals surface area (Å²) in [5.74, 6) is 0.617. The van der Waals surface area contributed by atoms with Crippen LogP contribution in [0, 0.1) is 0 Å². The van der Waals surface area contributed by atoms with E-state index in [1.54, 1.807) is 6.20 Å². The van der Waals surface area contributed by atoms with Gasteiger partial charge >= 0.3 is 0 Å². The maximum absolute atomic E-state index is 7.22. The summed E-state index contributed by atoms with van der Waals surface area (Å²) in [5.41, 5.74) is 26.0. The van der Waals surface area contributed by atoms with Crippen LogP contribution in [-0.2, 0) is 13.0 Å². The lowest BCUT2D eigenvalue weighted by Crippen LogP contribution is -2.23. The van der Waals surface area contributed by atoms with Crippen molar-refractivity contribution in [2.75, 3.05) is 4.90 Å². The van der Waals surface area contributed by atoms with E-state index in [0.29, 0.717) is 12.4 Å². The predicted molar refractivity (Wildman–Crippen MR) is 251 cm³/mol. The van der Waals surface area contributed by atoms with Gasteiger partial charge < -0.3 is 25.5 Å². The van der Waals surface area contributed by atoms with Gasteiger partial charge in [-0.15, -0.1) is 0 Å². The quantitative estimate of drug-likeness (QED) is 0.159. The average Bonchev–Trinajstić information content (AvgIpc) is 3.92. The van der Waals surface area contributed by atoms with Crippen molar-refractivity contribution >= 4 is 83.5 Å². The second-order valence-corrected chi connectivity index (χ2v) is 14.9. The van der Waals surface area contributed by atoms with Crippen molar-refractivity contribution < 1.29 is 0 Å². The van der Waals surface area contributed by atoms with Gasteiger partial charge in [0.1, 0.15) is 5.82 Å². The number of benzene rings is 6. The van der Waals surface area contributed by atoms with Crippen LogP contribution in [0.15, 0.2) is 194 Å². The van der Waals surface area contributed by atoms with Gasteiger partial charge in [-0.1, -0.05) is 134 Å². The van der Waals surface area contributed by atoms with Gasteiger partial charge in [0.25, 0.3) is 0 Å². The standard InChI is InChI=1S/C53H44N6/c1-3-38(35-52(55)59-50-29-14-7-21-42(50)43-22-8-15-30-51(43)59)58-49-28-13-9-23-44(49)45-24-16-18-37-17-4-10-25-46(37)57(36(2)53(45)58)39(31-33-54)32-34-56-47-26-11-5-19-40(47)41-20-6-12-27-48(41)56/h3-17,19-33,35H,2,18,34,54-55H2,1H3/b24-16-,33-31-,38-3+,39-32+,52-35+. The summed E-state index contributed by atoms with van der Waals surface area (Å²) in [6, 6.07) is 51.3. The fraction of sp³-hybridized carbons (Fsp3) is 0.0566. The lowest BCUT2D eigenvalue weighted by molar-refractivity contribution is 0.889. The molecule has 0 saturated carbocycles. The van der Waals surface area contributed by atoms with E-state index in [1.807, 2.05) is 6.08 Å². The Morgan fingerprint density at radius 2 is 1.14 bits per heavy atom. The van der Waals surface area contributed by atoms with Crippen LogP contribution in [0.25, 0.3) is 77.8 Å². The molecule has 3 aromatic heterocycles. The van der Waals surface area contributed by atoms with E-state index < -0.39 is 0 Å². The summed E-state index contributed by atoms with van der Waals surface area (Å²) in [5, 5.41) is 5.92. The average molecular weight is 765 g/mol. The molecule has 10 rings (SSSR count). The zero-order valence-electron chi connectivity index (χ0n) is 33.0. The molecule has 0 fully saturated rings. The van der Waals surface area contributed by atoms with E-state index in [4.69, 9.17) is 18.0 Å². The van der Waals surface area contributed by atoms with Crippen LogP contribution < -0.4 is 16.4 Å². The highest BCUT2D eigenvalue weighted by atomic mass is 15.2. The summed E-state index contributed by atoms with van der Waals surface area (Å²) in [6.45, 7) is 7.66. The molecule has 6 nitrogen and oxygen atoms in total. The number of nitrogens with zero attached hydrogens (tertiary/aromatic N) is 4. The highest BCUT2D eigenvalue weighted by Gasteiger charge is 2.27. The Hall–Kier alpha value is -7.70. The monoisotopic (exact) mass is 764 g/mol. The molecule has 0 spiro atoms. The van der Waals surface area contributed by atoms with Crippen molar-refractivity contribution in [3.05, 3.63) is 211 Å². The number of aromatic nitrogens is 3. The van der Waals surface area contributed by atoms with Crippen molar-refractivity contribution in [2.24, 2.45) is 11.5 Å². The Balaban J connectivity index is 1.18. The Morgan fingerprint density at radius 1 is 0.627 bits per heavy atom. The highest BCUT2D eigenvalue weighted by molar-refractivity contribution is 6.11. The van der Waals surface area contributed by atoms with Crippen LogP contribution in [-0.4, -0.2) is 13.7 Å². The first-order valence-corrected chi connectivity index (χ1v) is 20.1. The molecule has 0 saturated heterocycles. The summed E-state index contributed by atoms with van der Waals surface area (Å²) < 4.78 is 6.85. The maximum atomic E-state index is 7.22. The molecule has 59 heavy (non-hydrogen) atoms. The highest BCUT2D eigenvalue weighted by Crippen LogP contribution is 2.42. The van der Waals surface area contributed by atoms with Gasteiger partial charge in [0.05, 0.1) is 27.9 Å². The van der Waals surface area contributed by atoms with Crippen LogP contribution in [0.2, 0.25) is 0 Å². The molecule has 0 aliphatic carbocycles. The first-order chi connectivity index (χ1) is 29.1. The molecule has 6 heteroatoms. The molecule has 4 heterocycles. The van der Waals surface area contributed by atoms with Crippen molar-refractivity contribution in [1.29, 1.82) is 0 Å². The van der Waals surface area contributed by atoms with E-state index in [1.165, 1.54) is 27.4 Å². The maximum Gasteiger partial charge on any atom is 0.110 e. The van der Waals surface area contributed by atoms with E-state index >= 15 is 0 Å². The van der Waals surface area contributed by atoms with Gasteiger partial charge in [-0.2, -0.15) is 0 Å². The predicted octanol–water partition coefficient (Wildman–Crippen LogP) is 12.3. The number of hydrogen-bond acceptors (Lipinski definition) is 3. The molecule has 0 atom stereocenters. The van der Waals surface area contributed by atoms with Crippen molar-refractivity contribution in [2.45, 2.75) is 19.9 Å². The van der Waals surface area contributed by atoms with E-state index in [-0.39, 0.29) is 0 Å². The van der Waals surface area contributed by atoms with Crippen LogP contribution in [0.3, 0.4) is 0 Å². The topological polar surface area (TPSA) is 70.1 Å². The molecule has 9 aromatic rings. The third kappa shape index (κ3) is 5.79. The second-order valence-electron chi connectivity index (χ2n) is 14.9. The third-order valence-electron chi connectivity index (χ3n) is 11.7. The Morgan fingerprint density at radius 3 is 1.73 bits per heavy atom. The number of para-hydroxylation sites is 6. The minimum atomic E-state index is 0.617. The van der Waals surface area contributed by atoms with Gasteiger partial charge in [-0.3, -0.25) is 4.57 Å². The number of hydrogen-bond donors (Lipinski definition) is 2. The van der Waals surface area contributed by atoms with Crippen molar-refractivity contribution in [3.8, 4) is 0 Å². The Labute approximate surface area is 343 Å². The summed E-state index contributed by atoms with van der Waals surface area (Å²) in [7, 11) is 0. The lowest BCUT2D eigenvalue weighted by atomic mass is 10.1. The van der Waals surface area contributed by atoms with Crippen LogP contribution in [0.5, 0.6) is 0 Å². The largest absolute Gasteiger partial charge is 0.405 e. The van der Waals surface area contributed by atoms with Crippen molar-refractivity contribution in [1.82, 2.24) is 13.7 Å². The second kappa shape index (κ2) is 14.7. The summed E-state index contributed by atoms with van der Waals surface area (Å²) in [4.78, 5) is 2.28. The molecular weight excluding hydrogens is 721 g/mol. The minimum Gasteiger partial charge on any atom is -0.405 e. The number of anilines is 1. The Kier molecular flexibility index (Phi) is 8.87.